The summed E-state index contributed by atoms with van der Waals surface area (Å²) >= 11 is 0. The smallest absolute Gasteiger partial charge is 0.316 e. The molecule has 1 saturated heterocycles. The van der Waals surface area contributed by atoms with Crippen molar-refractivity contribution in [1.29, 1.82) is 0 Å². The summed E-state index contributed by atoms with van der Waals surface area (Å²) in [6.45, 7) is 2.83. The molecule has 4 rings (SSSR count). The van der Waals surface area contributed by atoms with Gasteiger partial charge in [0.1, 0.15) is 11.5 Å². The Kier molecular flexibility index (Phi) is 6.32. The number of nitrogens with zero attached hydrogens (tertiary/aromatic N) is 1. The van der Waals surface area contributed by atoms with Crippen LogP contribution >= 0.6 is 0 Å². The first-order valence-corrected chi connectivity index (χ1v) is 10.5. The fourth-order valence-corrected chi connectivity index (χ4v) is 3.71. The highest BCUT2D eigenvalue weighted by molar-refractivity contribution is 5.99. The molecule has 0 bridgehead atoms. The molecule has 0 N–H and O–H groups in total. The highest BCUT2D eigenvalue weighted by Crippen LogP contribution is 2.28. The van der Waals surface area contributed by atoms with Crippen LogP contribution in [0.4, 0.5) is 5.69 Å². The zero-order valence-corrected chi connectivity index (χ0v) is 17.5. The van der Waals surface area contributed by atoms with E-state index < -0.39 is 5.92 Å². The van der Waals surface area contributed by atoms with E-state index >= 15 is 0 Å². The summed E-state index contributed by atoms with van der Waals surface area (Å²) in [5.74, 6) is 0.309. The molecule has 5 nitrogen and oxygen atoms in total. The minimum Gasteiger partial charge on any atom is -0.494 e. The van der Waals surface area contributed by atoms with Crippen LogP contribution < -0.4 is 14.4 Å². The summed E-state index contributed by atoms with van der Waals surface area (Å²) < 4.78 is 11.0. The fraction of sp³-hybridized carbons (Fsp3) is 0.231. The molecule has 0 aromatic heterocycles. The molecule has 158 valence electrons. The van der Waals surface area contributed by atoms with E-state index in [1.165, 1.54) is 5.56 Å². The van der Waals surface area contributed by atoms with Crippen LogP contribution in [-0.4, -0.2) is 25.0 Å². The Bertz CT molecular complexity index is 1030. The van der Waals surface area contributed by atoms with Gasteiger partial charge in [0.15, 0.2) is 0 Å². The molecule has 1 amide bonds. The second kappa shape index (κ2) is 9.47. The van der Waals surface area contributed by atoms with E-state index in [1.807, 2.05) is 61.5 Å². The van der Waals surface area contributed by atoms with E-state index in [1.54, 1.807) is 17.0 Å². The zero-order valence-electron chi connectivity index (χ0n) is 17.5. The second-order valence-electron chi connectivity index (χ2n) is 7.56. The van der Waals surface area contributed by atoms with Gasteiger partial charge in [-0.25, -0.2) is 0 Å². The van der Waals surface area contributed by atoms with Gasteiger partial charge < -0.3 is 14.4 Å². The molecular weight excluding hydrogens is 390 g/mol. The Morgan fingerprint density at radius 3 is 2.23 bits per heavy atom. The van der Waals surface area contributed by atoms with Crippen LogP contribution in [0.5, 0.6) is 11.5 Å². The van der Waals surface area contributed by atoms with Crippen molar-refractivity contribution in [3.05, 3.63) is 90.0 Å². The number of carbonyl (C=O) groups excluding carboxylic acids is 2. The molecule has 0 saturated carbocycles. The first kappa shape index (κ1) is 20.7. The van der Waals surface area contributed by atoms with Gasteiger partial charge in [0.05, 0.1) is 12.5 Å². The van der Waals surface area contributed by atoms with Gasteiger partial charge in [-0.15, -0.1) is 0 Å². The Morgan fingerprint density at radius 2 is 1.55 bits per heavy atom. The topological polar surface area (TPSA) is 55.8 Å². The van der Waals surface area contributed by atoms with Gasteiger partial charge in [0, 0.05) is 18.7 Å². The maximum atomic E-state index is 12.6. The van der Waals surface area contributed by atoms with Crippen molar-refractivity contribution in [1.82, 2.24) is 0 Å². The molecule has 0 spiro atoms. The van der Waals surface area contributed by atoms with Crippen LogP contribution in [-0.2, 0) is 16.0 Å². The predicted octanol–water partition coefficient (Wildman–Crippen LogP) is 4.63. The lowest BCUT2D eigenvalue weighted by Crippen LogP contribution is -2.27. The van der Waals surface area contributed by atoms with Crippen molar-refractivity contribution < 1.29 is 19.1 Å². The monoisotopic (exact) mass is 415 g/mol. The largest absolute Gasteiger partial charge is 0.494 e. The number of benzene rings is 3. The van der Waals surface area contributed by atoms with Gasteiger partial charge in [0.2, 0.25) is 5.91 Å². The van der Waals surface area contributed by atoms with Gasteiger partial charge in [-0.3, -0.25) is 9.59 Å². The fourth-order valence-electron chi connectivity index (χ4n) is 3.71. The quantitative estimate of drug-likeness (QED) is 0.417. The average Bonchev–Trinajstić information content (AvgIpc) is 3.18. The summed E-state index contributed by atoms with van der Waals surface area (Å²) in [5.41, 5.74) is 3.13. The molecule has 5 heteroatoms. The van der Waals surface area contributed by atoms with Gasteiger partial charge in [-0.05, 0) is 60.9 Å². The Hall–Kier alpha value is -3.60. The third-order valence-electron chi connectivity index (χ3n) is 5.31. The number of rotatable bonds is 7. The summed E-state index contributed by atoms with van der Waals surface area (Å²) in [6, 6.07) is 25.1. The van der Waals surface area contributed by atoms with Crippen LogP contribution in [0.3, 0.4) is 0 Å². The molecule has 3 aromatic rings. The molecule has 0 radical (unpaired) electrons. The number of hydrogen-bond donors (Lipinski definition) is 0. The molecule has 1 aliphatic heterocycles. The SMILES string of the molecule is CCOc1ccc(N2C[C@@H](C(=O)Oc3ccc(Cc4ccccc4)cc3)CC2=O)cc1. The van der Waals surface area contributed by atoms with Crippen molar-refractivity contribution in [3.63, 3.8) is 0 Å². The van der Waals surface area contributed by atoms with Crippen molar-refractivity contribution in [3.8, 4) is 11.5 Å². The maximum absolute atomic E-state index is 12.6. The lowest BCUT2D eigenvalue weighted by molar-refractivity contribution is -0.139. The lowest BCUT2D eigenvalue weighted by atomic mass is 10.1. The summed E-state index contributed by atoms with van der Waals surface area (Å²) in [5, 5.41) is 0. The van der Waals surface area contributed by atoms with E-state index in [0.717, 1.165) is 23.4 Å². The highest BCUT2D eigenvalue weighted by atomic mass is 16.5. The molecular formula is C26H25NO4. The summed E-state index contributed by atoms with van der Waals surface area (Å²) in [6.07, 6.45) is 0.974. The first-order valence-electron chi connectivity index (χ1n) is 10.5. The summed E-state index contributed by atoms with van der Waals surface area (Å²) in [4.78, 5) is 26.7. The molecule has 3 aromatic carbocycles. The minimum absolute atomic E-state index is 0.0793. The standard InChI is InChI=1S/C26H25NO4/c1-2-30-23-14-10-22(11-15-23)27-18-21(17-25(27)28)26(29)31-24-12-8-20(9-13-24)16-19-6-4-3-5-7-19/h3-15,21H,2,16-18H2,1H3/t21-/m0/s1. The summed E-state index contributed by atoms with van der Waals surface area (Å²) in [7, 11) is 0. The van der Waals surface area contributed by atoms with Crippen molar-refractivity contribution in [2.75, 3.05) is 18.1 Å². The van der Waals surface area contributed by atoms with Crippen molar-refractivity contribution in [2.24, 2.45) is 5.92 Å². The third-order valence-corrected chi connectivity index (χ3v) is 5.31. The number of hydrogen-bond acceptors (Lipinski definition) is 4. The van der Waals surface area contributed by atoms with E-state index in [4.69, 9.17) is 9.47 Å². The number of amides is 1. The van der Waals surface area contributed by atoms with Crippen LogP contribution in [0.15, 0.2) is 78.9 Å². The van der Waals surface area contributed by atoms with Crippen LogP contribution in [0.2, 0.25) is 0 Å². The van der Waals surface area contributed by atoms with Gasteiger partial charge in [0.25, 0.3) is 0 Å². The second-order valence-corrected chi connectivity index (χ2v) is 7.56. The lowest BCUT2D eigenvalue weighted by Gasteiger charge is -2.17. The number of anilines is 1. The highest BCUT2D eigenvalue weighted by Gasteiger charge is 2.36. The molecule has 1 aliphatic rings. The van der Waals surface area contributed by atoms with Gasteiger partial charge in [-0.1, -0.05) is 42.5 Å². The van der Waals surface area contributed by atoms with Gasteiger partial charge >= 0.3 is 5.97 Å². The third kappa shape index (κ3) is 5.12. The van der Waals surface area contributed by atoms with Crippen LogP contribution in [0.25, 0.3) is 0 Å². The number of ether oxygens (including phenoxy) is 2. The Balaban J connectivity index is 1.35. The van der Waals surface area contributed by atoms with E-state index in [9.17, 15) is 9.59 Å². The first-order chi connectivity index (χ1) is 15.1. The Morgan fingerprint density at radius 1 is 0.903 bits per heavy atom. The van der Waals surface area contributed by atoms with Crippen LogP contribution in [0, 0.1) is 5.92 Å². The average molecular weight is 415 g/mol. The zero-order chi connectivity index (χ0) is 21.6. The van der Waals surface area contributed by atoms with E-state index in [2.05, 4.69) is 12.1 Å². The molecule has 1 atom stereocenters. The molecule has 0 aliphatic carbocycles. The van der Waals surface area contributed by atoms with E-state index in [-0.39, 0.29) is 18.3 Å². The predicted molar refractivity (Wildman–Crippen MR) is 119 cm³/mol. The van der Waals surface area contributed by atoms with Crippen molar-refractivity contribution >= 4 is 17.6 Å². The normalized spacial score (nSPS) is 15.7. The van der Waals surface area contributed by atoms with Crippen LogP contribution in [0.1, 0.15) is 24.5 Å². The molecule has 1 fully saturated rings. The van der Waals surface area contributed by atoms with Gasteiger partial charge in [-0.2, -0.15) is 0 Å². The molecule has 31 heavy (non-hydrogen) atoms. The number of esters is 1. The van der Waals surface area contributed by atoms with Crippen molar-refractivity contribution in [2.45, 2.75) is 19.8 Å². The molecule has 1 heterocycles. The minimum atomic E-state index is -0.483. The molecule has 0 unspecified atom stereocenters. The Labute approximate surface area is 182 Å². The van der Waals surface area contributed by atoms with E-state index in [0.29, 0.717) is 18.9 Å². The number of carbonyl (C=O) groups is 2. The maximum Gasteiger partial charge on any atom is 0.316 e.